The molecule has 2 aromatic carbocycles. The van der Waals surface area contributed by atoms with Crippen molar-refractivity contribution in [3.05, 3.63) is 66.1 Å². The van der Waals surface area contributed by atoms with Crippen molar-refractivity contribution in [2.75, 3.05) is 6.61 Å². The highest BCUT2D eigenvalue weighted by atomic mass is 16.5. The molecule has 0 bridgehead atoms. The second-order valence-electron chi connectivity index (χ2n) is 9.31. The lowest BCUT2D eigenvalue weighted by molar-refractivity contribution is -0.147. The molecular weight excluding hydrogens is 492 g/mol. The van der Waals surface area contributed by atoms with Gasteiger partial charge in [0.05, 0.1) is 18.7 Å². The van der Waals surface area contributed by atoms with Crippen LogP contribution in [0.1, 0.15) is 25.6 Å². The summed E-state index contributed by atoms with van der Waals surface area (Å²) in [7, 11) is 0. The Morgan fingerprint density at radius 1 is 1.16 bits per heavy atom. The summed E-state index contributed by atoms with van der Waals surface area (Å²) in [6, 6.07) is 14.6. The highest BCUT2D eigenvalue weighted by Crippen LogP contribution is 2.35. The number of benzene rings is 2. The van der Waals surface area contributed by atoms with Gasteiger partial charge in [0, 0.05) is 16.9 Å². The summed E-state index contributed by atoms with van der Waals surface area (Å²) in [6.45, 7) is 2.46. The molecule has 11 heteroatoms. The number of rotatable bonds is 8. The lowest BCUT2D eigenvalue weighted by Crippen LogP contribution is -2.59. The molecule has 198 valence electrons. The number of nitrogens with zero attached hydrogens (tertiary/aromatic N) is 3. The zero-order valence-corrected chi connectivity index (χ0v) is 20.7. The number of carbonyl (C=O) groups excluding carboxylic acids is 1. The third-order valence-electron chi connectivity index (χ3n) is 6.47. The van der Waals surface area contributed by atoms with E-state index in [1.54, 1.807) is 26.0 Å². The molecule has 0 fully saturated rings. The molecule has 5 atom stereocenters. The van der Waals surface area contributed by atoms with Crippen LogP contribution in [0.25, 0.3) is 22.0 Å². The quantitative estimate of drug-likeness (QED) is 0.293. The number of aliphatic carboxylic acids is 1. The van der Waals surface area contributed by atoms with E-state index in [0.717, 1.165) is 11.1 Å². The number of nitriles is 1. The van der Waals surface area contributed by atoms with Crippen molar-refractivity contribution in [2.24, 2.45) is 5.92 Å². The van der Waals surface area contributed by atoms with Gasteiger partial charge in [-0.05, 0) is 17.7 Å². The normalized spacial score (nSPS) is 20.8. The summed E-state index contributed by atoms with van der Waals surface area (Å²) >= 11 is 0. The lowest BCUT2D eigenvalue weighted by atomic mass is 9.91. The number of amides is 1. The average Bonchev–Trinajstić information content (AvgIpc) is 3.31. The van der Waals surface area contributed by atoms with Gasteiger partial charge in [0.2, 0.25) is 11.7 Å². The summed E-state index contributed by atoms with van der Waals surface area (Å²) in [5, 5.41) is 58.2. The fraction of sp³-hybridized carbons (Fsp3) is 0.333. The zero-order valence-electron chi connectivity index (χ0n) is 20.7. The van der Waals surface area contributed by atoms with Crippen LogP contribution in [0.15, 0.2) is 60.4 Å². The predicted molar refractivity (Wildman–Crippen MR) is 135 cm³/mol. The van der Waals surface area contributed by atoms with Crippen LogP contribution in [0.4, 0.5) is 0 Å². The highest BCUT2D eigenvalue weighted by molar-refractivity contribution is 5.96. The maximum absolute atomic E-state index is 12.8. The third-order valence-corrected chi connectivity index (χ3v) is 6.47. The Morgan fingerprint density at radius 2 is 1.87 bits per heavy atom. The SMILES string of the molecule is CC(C)C(=O)N[C@H]1[C@H]([C@H](O)[C@H](O)CO)OC(C(=O)O)=C[C@@H]1n1nc2c(-c3ccccc3)cccc2c1C#N. The average molecular weight is 521 g/mol. The van der Waals surface area contributed by atoms with Gasteiger partial charge in [0.1, 0.15) is 35.6 Å². The number of aromatic nitrogens is 2. The van der Waals surface area contributed by atoms with E-state index >= 15 is 0 Å². The first-order chi connectivity index (χ1) is 18.2. The van der Waals surface area contributed by atoms with Crippen molar-refractivity contribution in [3.63, 3.8) is 0 Å². The van der Waals surface area contributed by atoms with Crippen LogP contribution in [0.3, 0.4) is 0 Å². The Morgan fingerprint density at radius 3 is 2.47 bits per heavy atom. The Bertz CT molecular complexity index is 1410. The van der Waals surface area contributed by atoms with Gasteiger partial charge in [-0.1, -0.05) is 56.3 Å². The molecule has 0 unspecified atom stereocenters. The van der Waals surface area contributed by atoms with Gasteiger partial charge in [-0.3, -0.25) is 4.79 Å². The van der Waals surface area contributed by atoms with Crippen molar-refractivity contribution in [3.8, 4) is 17.2 Å². The van der Waals surface area contributed by atoms with Crippen LogP contribution < -0.4 is 5.32 Å². The number of carbonyl (C=O) groups is 2. The van der Waals surface area contributed by atoms with Gasteiger partial charge in [-0.15, -0.1) is 0 Å². The van der Waals surface area contributed by atoms with Crippen molar-refractivity contribution in [2.45, 2.75) is 44.2 Å². The minimum absolute atomic E-state index is 0.102. The zero-order chi connectivity index (χ0) is 27.6. The summed E-state index contributed by atoms with van der Waals surface area (Å²) in [5.74, 6) is -2.95. The molecule has 38 heavy (non-hydrogen) atoms. The van der Waals surface area contributed by atoms with E-state index in [0.29, 0.717) is 10.9 Å². The minimum atomic E-state index is -1.78. The first-order valence-electron chi connectivity index (χ1n) is 12.0. The van der Waals surface area contributed by atoms with Gasteiger partial charge in [-0.2, -0.15) is 10.4 Å². The topological polar surface area (TPSA) is 178 Å². The number of fused-ring (bicyclic) bond motifs is 1. The molecule has 1 aliphatic heterocycles. The van der Waals surface area contributed by atoms with E-state index in [1.165, 1.54) is 10.8 Å². The van der Waals surface area contributed by atoms with Crippen LogP contribution in [0.5, 0.6) is 0 Å². The number of aliphatic hydroxyl groups is 3. The lowest BCUT2D eigenvalue weighted by Gasteiger charge is -2.40. The highest BCUT2D eigenvalue weighted by Gasteiger charge is 2.45. The fourth-order valence-electron chi connectivity index (χ4n) is 4.47. The van der Waals surface area contributed by atoms with E-state index in [4.69, 9.17) is 9.84 Å². The van der Waals surface area contributed by atoms with Gasteiger partial charge >= 0.3 is 5.97 Å². The molecule has 3 aromatic rings. The molecule has 0 saturated heterocycles. The first kappa shape index (κ1) is 26.8. The number of carboxylic acid groups (broad SMARTS) is 1. The van der Waals surface area contributed by atoms with Gasteiger partial charge in [-0.25, -0.2) is 9.48 Å². The Hall–Kier alpha value is -4.24. The van der Waals surface area contributed by atoms with E-state index in [1.807, 2.05) is 36.4 Å². The Kier molecular flexibility index (Phi) is 7.78. The summed E-state index contributed by atoms with van der Waals surface area (Å²) in [6.07, 6.45) is -3.76. The number of ether oxygens (including phenoxy) is 1. The number of nitrogens with one attached hydrogen (secondary N) is 1. The van der Waals surface area contributed by atoms with E-state index in [9.17, 15) is 35.3 Å². The standard InChI is InChI=1S/C27H28N4O7/c1-14(2)26(35)29-23-18(11-21(27(36)37)38-25(23)24(34)20(33)13-32)31-19(12-28)17-10-6-9-16(22(17)30-31)15-7-4-3-5-8-15/h3-11,14,18,20,23-25,32-34H,13H2,1-2H3,(H,29,35)(H,36,37)/t18-,20+,23+,24+,25+/m0/s1. The molecule has 0 aliphatic carbocycles. The van der Waals surface area contributed by atoms with Crippen molar-refractivity contribution in [1.82, 2.24) is 15.1 Å². The summed E-state index contributed by atoms with van der Waals surface area (Å²) in [5.41, 5.74) is 2.17. The van der Waals surface area contributed by atoms with Crippen molar-refractivity contribution >= 4 is 22.8 Å². The maximum Gasteiger partial charge on any atom is 0.370 e. The number of hydrogen-bond donors (Lipinski definition) is 5. The molecule has 11 nitrogen and oxygen atoms in total. The van der Waals surface area contributed by atoms with Crippen LogP contribution in [0, 0.1) is 17.2 Å². The third kappa shape index (κ3) is 4.97. The fourth-order valence-corrected chi connectivity index (χ4v) is 4.47. The van der Waals surface area contributed by atoms with Crippen LogP contribution in [-0.4, -0.2) is 73.0 Å². The minimum Gasteiger partial charge on any atom is -0.478 e. The summed E-state index contributed by atoms with van der Waals surface area (Å²) in [4.78, 5) is 24.8. The Balaban J connectivity index is 1.95. The van der Waals surface area contributed by atoms with E-state index in [-0.39, 0.29) is 5.69 Å². The predicted octanol–water partition coefficient (Wildman–Crippen LogP) is 1.34. The smallest absolute Gasteiger partial charge is 0.370 e. The number of hydrogen-bond acceptors (Lipinski definition) is 8. The van der Waals surface area contributed by atoms with Crippen LogP contribution >= 0.6 is 0 Å². The molecule has 4 rings (SSSR count). The van der Waals surface area contributed by atoms with Gasteiger partial charge < -0.3 is 30.5 Å². The summed E-state index contributed by atoms with van der Waals surface area (Å²) < 4.78 is 6.82. The number of carboxylic acids is 1. The maximum atomic E-state index is 12.8. The molecule has 1 amide bonds. The second kappa shape index (κ2) is 11.0. The largest absolute Gasteiger partial charge is 0.478 e. The van der Waals surface area contributed by atoms with Crippen LogP contribution in [-0.2, 0) is 14.3 Å². The molecule has 0 radical (unpaired) electrons. The van der Waals surface area contributed by atoms with Crippen molar-refractivity contribution < 1.29 is 34.8 Å². The molecule has 0 spiro atoms. The molecule has 1 aliphatic rings. The van der Waals surface area contributed by atoms with E-state index < -0.39 is 60.6 Å². The van der Waals surface area contributed by atoms with Crippen molar-refractivity contribution in [1.29, 1.82) is 5.26 Å². The van der Waals surface area contributed by atoms with Gasteiger partial charge in [0.15, 0.2) is 0 Å². The molecule has 5 N–H and O–H groups in total. The van der Waals surface area contributed by atoms with E-state index in [2.05, 4.69) is 11.4 Å². The molecule has 1 aromatic heterocycles. The number of aliphatic hydroxyl groups excluding tert-OH is 3. The molecular formula is C27H28N4O7. The first-order valence-corrected chi connectivity index (χ1v) is 12.0. The second-order valence-corrected chi connectivity index (χ2v) is 9.31. The molecule has 0 saturated carbocycles. The monoisotopic (exact) mass is 520 g/mol. The van der Waals surface area contributed by atoms with Gasteiger partial charge in [0.25, 0.3) is 0 Å². The molecule has 2 heterocycles. The van der Waals surface area contributed by atoms with Crippen LogP contribution in [0.2, 0.25) is 0 Å². The Labute approximate surface area is 218 Å².